The van der Waals surface area contributed by atoms with Crippen molar-refractivity contribution in [3.63, 3.8) is 0 Å². The number of benzene rings is 3. The predicted molar refractivity (Wildman–Crippen MR) is 105 cm³/mol. The molecule has 1 heterocycles. The van der Waals surface area contributed by atoms with Crippen molar-refractivity contribution < 1.29 is 14.3 Å². The number of amides is 1. The number of anilines is 1. The first-order valence-electron chi connectivity index (χ1n) is 8.73. The molecule has 0 unspecified atom stereocenters. The van der Waals surface area contributed by atoms with E-state index in [0.717, 1.165) is 6.42 Å². The van der Waals surface area contributed by atoms with Crippen LogP contribution in [0.4, 0.5) is 5.69 Å². The topological polar surface area (TPSA) is 75.4 Å². The number of para-hydroxylation sites is 2. The second-order valence-electron chi connectivity index (χ2n) is 6.22. The summed E-state index contributed by atoms with van der Waals surface area (Å²) >= 11 is 0. The molecule has 134 valence electrons. The zero-order valence-corrected chi connectivity index (χ0v) is 14.8. The first kappa shape index (κ1) is 16.8. The number of fused-ring (bicyclic) bond motifs is 1. The molecule has 1 amide bonds. The Morgan fingerprint density at radius 2 is 1.85 bits per heavy atom. The third kappa shape index (κ3) is 3.40. The van der Waals surface area contributed by atoms with Crippen LogP contribution in [0.1, 0.15) is 22.8 Å². The van der Waals surface area contributed by atoms with Crippen LogP contribution in [-0.2, 0) is 6.42 Å². The molecule has 4 aromatic rings. The number of nitrogens with one attached hydrogen (secondary N) is 1. The minimum Gasteiger partial charge on any atom is -0.507 e. The Kier molecular flexibility index (Phi) is 4.34. The van der Waals surface area contributed by atoms with Gasteiger partial charge < -0.3 is 14.8 Å². The van der Waals surface area contributed by atoms with Crippen molar-refractivity contribution >= 4 is 22.7 Å². The van der Waals surface area contributed by atoms with Crippen molar-refractivity contribution in [2.75, 3.05) is 5.32 Å². The van der Waals surface area contributed by atoms with E-state index < -0.39 is 0 Å². The lowest BCUT2D eigenvalue weighted by molar-refractivity contribution is 0.102. The smallest absolute Gasteiger partial charge is 0.255 e. The van der Waals surface area contributed by atoms with E-state index in [1.165, 1.54) is 11.6 Å². The standard InChI is InChI=1S/C22H18N2O3/c1-2-14-7-9-15(10-8-14)21(26)23-16-11-12-19(25)17(13-16)22-24-18-5-3-4-6-20(18)27-22/h3-13,25H,2H2,1H3,(H,23,26). The molecular formula is C22H18N2O3. The van der Waals surface area contributed by atoms with Crippen molar-refractivity contribution in [3.8, 4) is 17.2 Å². The molecule has 27 heavy (non-hydrogen) atoms. The maximum absolute atomic E-state index is 12.5. The molecule has 0 aliphatic rings. The largest absolute Gasteiger partial charge is 0.507 e. The van der Waals surface area contributed by atoms with Gasteiger partial charge in [0.2, 0.25) is 5.89 Å². The molecule has 0 fully saturated rings. The molecular weight excluding hydrogens is 340 g/mol. The van der Waals surface area contributed by atoms with Crippen LogP contribution >= 0.6 is 0 Å². The minimum atomic E-state index is -0.216. The molecule has 0 saturated heterocycles. The maximum Gasteiger partial charge on any atom is 0.255 e. The lowest BCUT2D eigenvalue weighted by atomic mass is 10.1. The second-order valence-corrected chi connectivity index (χ2v) is 6.22. The van der Waals surface area contributed by atoms with Crippen LogP contribution in [0.15, 0.2) is 71.1 Å². The van der Waals surface area contributed by atoms with E-state index in [1.54, 1.807) is 24.3 Å². The number of aryl methyl sites for hydroxylation is 1. The highest BCUT2D eigenvalue weighted by atomic mass is 16.3. The van der Waals surface area contributed by atoms with Crippen molar-refractivity contribution in [2.24, 2.45) is 0 Å². The van der Waals surface area contributed by atoms with Gasteiger partial charge in [0.15, 0.2) is 5.58 Å². The number of phenolic OH excluding ortho intramolecular Hbond substituents is 1. The molecule has 0 bridgehead atoms. The van der Waals surface area contributed by atoms with Gasteiger partial charge >= 0.3 is 0 Å². The number of hydrogen-bond donors (Lipinski definition) is 2. The number of hydrogen-bond acceptors (Lipinski definition) is 4. The first-order valence-corrected chi connectivity index (χ1v) is 8.73. The van der Waals surface area contributed by atoms with Gasteiger partial charge in [-0.2, -0.15) is 0 Å². The van der Waals surface area contributed by atoms with Crippen molar-refractivity contribution in [3.05, 3.63) is 77.9 Å². The number of aromatic hydroxyl groups is 1. The Morgan fingerprint density at radius 3 is 2.59 bits per heavy atom. The van der Waals surface area contributed by atoms with Gasteiger partial charge in [0, 0.05) is 11.3 Å². The van der Waals surface area contributed by atoms with Crippen LogP contribution in [-0.4, -0.2) is 16.0 Å². The Bertz CT molecular complexity index is 1080. The monoisotopic (exact) mass is 358 g/mol. The number of rotatable bonds is 4. The van der Waals surface area contributed by atoms with E-state index in [2.05, 4.69) is 17.2 Å². The molecule has 4 rings (SSSR count). The summed E-state index contributed by atoms with van der Waals surface area (Å²) in [6.07, 6.45) is 0.924. The highest BCUT2D eigenvalue weighted by Crippen LogP contribution is 2.33. The number of nitrogens with zero attached hydrogens (tertiary/aromatic N) is 1. The Labute approximate surface area is 156 Å². The number of oxazole rings is 1. The normalized spacial score (nSPS) is 10.9. The fourth-order valence-corrected chi connectivity index (χ4v) is 2.87. The summed E-state index contributed by atoms with van der Waals surface area (Å²) in [5, 5.41) is 13.1. The van der Waals surface area contributed by atoms with Crippen molar-refractivity contribution in [1.29, 1.82) is 0 Å². The number of aromatic nitrogens is 1. The van der Waals surface area contributed by atoms with Gasteiger partial charge in [-0.15, -0.1) is 0 Å². The Hall–Kier alpha value is -3.60. The summed E-state index contributed by atoms with van der Waals surface area (Å²) < 4.78 is 5.72. The molecule has 0 aliphatic carbocycles. The molecule has 0 spiro atoms. The highest BCUT2D eigenvalue weighted by molar-refractivity contribution is 6.04. The Morgan fingerprint density at radius 1 is 1.07 bits per heavy atom. The molecule has 2 N–H and O–H groups in total. The minimum absolute atomic E-state index is 0.0341. The molecule has 0 radical (unpaired) electrons. The summed E-state index contributed by atoms with van der Waals surface area (Å²) in [5.74, 6) is 0.121. The lowest BCUT2D eigenvalue weighted by Gasteiger charge is -2.08. The summed E-state index contributed by atoms with van der Waals surface area (Å²) in [5.41, 5.74) is 4.06. The molecule has 5 nitrogen and oxygen atoms in total. The summed E-state index contributed by atoms with van der Waals surface area (Å²) in [6, 6.07) is 19.7. The van der Waals surface area contributed by atoms with Crippen LogP contribution in [0.3, 0.4) is 0 Å². The van der Waals surface area contributed by atoms with E-state index in [-0.39, 0.29) is 11.7 Å². The van der Waals surface area contributed by atoms with Crippen LogP contribution in [0.2, 0.25) is 0 Å². The Balaban J connectivity index is 1.62. The van der Waals surface area contributed by atoms with Crippen molar-refractivity contribution in [1.82, 2.24) is 4.98 Å². The van der Waals surface area contributed by atoms with Crippen molar-refractivity contribution in [2.45, 2.75) is 13.3 Å². The number of carbonyl (C=O) groups is 1. The van der Waals surface area contributed by atoms with Gasteiger partial charge in [0.25, 0.3) is 5.91 Å². The maximum atomic E-state index is 12.5. The fraction of sp³-hybridized carbons (Fsp3) is 0.0909. The lowest BCUT2D eigenvalue weighted by Crippen LogP contribution is -2.11. The molecule has 0 atom stereocenters. The first-order chi connectivity index (χ1) is 13.1. The second kappa shape index (κ2) is 6.96. The zero-order chi connectivity index (χ0) is 18.8. The number of phenols is 1. The zero-order valence-electron chi connectivity index (χ0n) is 14.8. The molecule has 1 aromatic heterocycles. The quantitative estimate of drug-likeness (QED) is 0.503. The van der Waals surface area contributed by atoms with Gasteiger partial charge in [0.1, 0.15) is 11.3 Å². The van der Waals surface area contributed by atoms with E-state index in [1.807, 2.05) is 36.4 Å². The van der Waals surface area contributed by atoms with Gasteiger partial charge in [-0.1, -0.05) is 31.2 Å². The van der Waals surface area contributed by atoms with E-state index in [9.17, 15) is 9.90 Å². The third-order valence-electron chi connectivity index (χ3n) is 4.40. The van der Waals surface area contributed by atoms with E-state index >= 15 is 0 Å². The third-order valence-corrected chi connectivity index (χ3v) is 4.40. The fourth-order valence-electron chi connectivity index (χ4n) is 2.87. The van der Waals surface area contributed by atoms with Crippen LogP contribution in [0, 0.1) is 0 Å². The van der Waals surface area contributed by atoms with Gasteiger partial charge in [0.05, 0.1) is 5.56 Å². The predicted octanol–water partition coefficient (Wildman–Crippen LogP) is 5.02. The average molecular weight is 358 g/mol. The summed E-state index contributed by atoms with van der Waals surface area (Å²) in [4.78, 5) is 16.9. The molecule has 5 heteroatoms. The van der Waals surface area contributed by atoms with Crippen LogP contribution in [0.25, 0.3) is 22.6 Å². The van der Waals surface area contributed by atoms with Gasteiger partial charge in [-0.05, 0) is 54.4 Å². The number of carbonyl (C=O) groups excluding carboxylic acids is 1. The highest BCUT2D eigenvalue weighted by Gasteiger charge is 2.14. The molecule has 3 aromatic carbocycles. The summed E-state index contributed by atoms with van der Waals surface area (Å²) in [7, 11) is 0. The van der Waals surface area contributed by atoms with E-state index in [4.69, 9.17) is 4.42 Å². The van der Waals surface area contributed by atoms with E-state index in [0.29, 0.717) is 33.8 Å². The average Bonchev–Trinajstić information content (AvgIpc) is 3.13. The molecule has 0 aliphatic heterocycles. The van der Waals surface area contributed by atoms with Crippen LogP contribution in [0.5, 0.6) is 5.75 Å². The van der Waals surface area contributed by atoms with Gasteiger partial charge in [-0.25, -0.2) is 4.98 Å². The SMILES string of the molecule is CCc1ccc(C(=O)Nc2ccc(O)c(-c3nc4ccccc4o3)c2)cc1. The molecule has 0 saturated carbocycles. The van der Waals surface area contributed by atoms with Crippen LogP contribution < -0.4 is 5.32 Å². The summed E-state index contributed by atoms with van der Waals surface area (Å²) in [6.45, 7) is 2.07. The van der Waals surface area contributed by atoms with Gasteiger partial charge in [-0.3, -0.25) is 4.79 Å².